The number of nitrogens with one attached hydrogen (secondary N) is 1. The molecule has 0 unspecified atom stereocenters. The zero-order chi connectivity index (χ0) is 21.6. The normalized spacial score (nSPS) is 10.7. The lowest BCUT2D eigenvalue weighted by Crippen LogP contribution is -2.43. The Bertz CT molecular complexity index is 991. The highest BCUT2D eigenvalue weighted by atomic mass is 32.1. The summed E-state index contributed by atoms with van der Waals surface area (Å²) >= 11 is 1.27. The lowest BCUT2D eigenvalue weighted by molar-refractivity contribution is -0.121. The van der Waals surface area contributed by atoms with Gasteiger partial charge >= 0.3 is 11.7 Å². The fraction of sp³-hybridized carbons (Fsp3) is 0.474. The van der Waals surface area contributed by atoms with Gasteiger partial charge in [-0.05, 0) is 31.9 Å². The van der Waals surface area contributed by atoms with Crippen molar-refractivity contribution in [3.05, 3.63) is 42.7 Å². The number of hydrogen-bond donors (Lipinski definition) is 2. The highest BCUT2D eigenvalue weighted by molar-refractivity contribution is 7.13. The Balaban J connectivity index is 2.30. The molecule has 9 nitrogen and oxygen atoms in total. The zero-order valence-corrected chi connectivity index (χ0v) is 17.6. The number of thiophene rings is 1. The number of nitrogens with zero attached hydrogens (tertiary/aromatic N) is 2. The van der Waals surface area contributed by atoms with E-state index in [4.69, 9.17) is 10.5 Å². The van der Waals surface area contributed by atoms with Gasteiger partial charge in [0.25, 0.3) is 11.5 Å². The number of carbonyl (C=O) groups is 2. The van der Waals surface area contributed by atoms with Gasteiger partial charge in [-0.3, -0.25) is 19.1 Å². The van der Waals surface area contributed by atoms with Crippen LogP contribution in [-0.2, 0) is 16.1 Å². The zero-order valence-electron chi connectivity index (χ0n) is 16.8. The van der Waals surface area contributed by atoms with Crippen LogP contribution in [0.25, 0.3) is 0 Å². The topological polar surface area (TPSA) is 127 Å². The number of carbonyl (C=O) groups excluding carboxylic acids is 2. The molecule has 29 heavy (non-hydrogen) atoms. The number of nitrogens with two attached hydrogens (primary N) is 1. The van der Waals surface area contributed by atoms with Crippen molar-refractivity contribution in [2.75, 3.05) is 23.8 Å². The molecule has 0 aromatic carbocycles. The lowest BCUT2D eigenvalue weighted by atomic mass is 10.2. The van der Waals surface area contributed by atoms with Crippen LogP contribution in [0, 0.1) is 6.92 Å². The molecule has 0 radical (unpaired) electrons. The highest BCUT2D eigenvalue weighted by Gasteiger charge is 2.25. The summed E-state index contributed by atoms with van der Waals surface area (Å²) in [4.78, 5) is 54.2. The van der Waals surface area contributed by atoms with Crippen LogP contribution < -0.4 is 21.9 Å². The molecular weight excluding hydrogens is 396 g/mol. The first kappa shape index (κ1) is 22.4. The molecule has 0 aliphatic carbocycles. The van der Waals surface area contributed by atoms with Crippen LogP contribution in [0.15, 0.2) is 21.7 Å². The van der Waals surface area contributed by atoms with Gasteiger partial charge < -0.3 is 15.4 Å². The number of unbranched alkanes of at least 4 members (excludes halogenated alkanes) is 1. The molecule has 2 heterocycles. The standard InChI is InChI=1S/C19H26N4O5S/c1-4-6-10-22(14(24)11-28-18(26)13-8-7-12(3)29-13)15-16(20)23(9-5-2)19(27)21-17(15)25/h7-8H,4-6,9-11,20H2,1-3H3,(H,21,25,27). The summed E-state index contributed by atoms with van der Waals surface area (Å²) < 4.78 is 6.35. The fourth-order valence-electron chi connectivity index (χ4n) is 2.78. The van der Waals surface area contributed by atoms with Crippen LogP contribution in [0.1, 0.15) is 47.7 Å². The summed E-state index contributed by atoms with van der Waals surface area (Å²) in [5.41, 5.74) is 4.61. The summed E-state index contributed by atoms with van der Waals surface area (Å²) in [5.74, 6) is -1.27. The van der Waals surface area contributed by atoms with Gasteiger partial charge in [0.15, 0.2) is 12.3 Å². The molecule has 2 rings (SSSR count). The monoisotopic (exact) mass is 422 g/mol. The molecule has 1 amide bonds. The number of aromatic amines is 1. The maximum absolute atomic E-state index is 12.8. The van der Waals surface area contributed by atoms with Gasteiger partial charge in [-0.2, -0.15) is 0 Å². The maximum atomic E-state index is 12.8. The first-order valence-corrected chi connectivity index (χ1v) is 10.3. The molecule has 0 spiro atoms. The van der Waals surface area contributed by atoms with Crippen molar-refractivity contribution in [1.29, 1.82) is 0 Å². The molecule has 0 saturated carbocycles. The number of H-pyrrole nitrogens is 1. The van der Waals surface area contributed by atoms with Crippen molar-refractivity contribution in [3.63, 3.8) is 0 Å². The molecule has 0 bridgehead atoms. The van der Waals surface area contributed by atoms with E-state index in [1.54, 1.807) is 12.1 Å². The Kier molecular flexibility index (Phi) is 7.77. The second-order valence-corrected chi connectivity index (χ2v) is 7.82. The average molecular weight is 423 g/mol. The van der Waals surface area contributed by atoms with Gasteiger partial charge in [0.1, 0.15) is 10.7 Å². The number of ether oxygens (including phenoxy) is 1. The van der Waals surface area contributed by atoms with Crippen LogP contribution in [-0.4, -0.2) is 34.6 Å². The number of rotatable bonds is 9. The summed E-state index contributed by atoms with van der Waals surface area (Å²) in [6.07, 6.45) is 2.00. The number of esters is 1. The molecule has 158 valence electrons. The predicted octanol–water partition coefficient (Wildman–Crippen LogP) is 1.89. The number of nitrogen functional groups attached to an aromatic ring is 1. The average Bonchev–Trinajstić information content (AvgIpc) is 3.11. The van der Waals surface area contributed by atoms with Crippen molar-refractivity contribution in [1.82, 2.24) is 9.55 Å². The van der Waals surface area contributed by atoms with Crippen LogP contribution >= 0.6 is 11.3 Å². The highest BCUT2D eigenvalue weighted by Crippen LogP contribution is 2.19. The minimum atomic E-state index is -0.746. The van der Waals surface area contributed by atoms with Crippen LogP contribution in [0.5, 0.6) is 0 Å². The Morgan fingerprint density at radius 2 is 1.97 bits per heavy atom. The lowest BCUT2D eigenvalue weighted by Gasteiger charge is -2.24. The Morgan fingerprint density at radius 1 is 1.24 bits per heavy atom. The number of anilines is 2. The Labute approximate surface area is 172 Å². The first-order chi connectivity index (χ1) is 13.8. The van der Waals surface area contributed by atoms with E-state index in [0.29, 0.717) is 24.3 Å². The van der Waals surface area contributed by atoms with E-state index in [2.05, 4.69) is 4.98 Å². The molecule has 0 atom stereocenters. The quantitative estimate of drug-likeness (QED) is 0.594. The number of amides is 1. The van der Waals surface area contributed by atoms with Crippen molar-refractivity contribution in [3.8, 4) is 0 Å². The van der Waals surface area contributed by atoms with Crippen LogP contribution in [0.3, 0.4) is 0 Å². The maximum Gasteiger partial charge on any atom is 0.348 e. The molecule has 2 aromatic rings. The van der Waals surface area contributed by atoms with Gasteiger partial charge in [0, 0.05) is 18.0 Å². The van der Waals surface area contributed by atoms with E-state index in [9.17, 15) is 19.2 Å². The van der Waals surface area contributed by atoms with E-state index in [1.165, 1.54) is 20.8 Å². The van der Waals surface area contributed by atoms with E-state index < -0.39 is 29.7 Å². The van der Waals surface area contributed by atoms with Gasteiger partial charge in [0.2, 0.25) is 0 Å². The molecule has 0 aliphatic heterocycles. The van der Waals surface area contributed by atoms with Gasteiger partial charge in [-0.15, -0.1) is 11.3 Å². The predicted molar refractivity (Wildman–Crippen MR) is 113 cm³/mol. The van der Waals surface area contributed by atoms with Crippen LogP contribution in [0.4, 0.5) is 11.5 Å². The summed E-state index contributed by atoms with van der Waals surface area (Å²) in [5, 5.41) is 0. The third kappa shape index (κ3) is 5.35. The van der Waals surface area contributed by atoms with Crippen molar-refractivity contribution < 1.29 is 14.3 Å². The summed E-state index contributed by atoms with van der Waals surface area (Å²) in [7, 11) is 0. The van der Waals surface area contributed by atoms with E-state index in [-0.39, 0.29) is 18.1 Å². The third-order valence-electron chi connectivity index (χ3n) is 4.24. The smallest absolute Gasteiger partial charge is 0.348 e. The second kappa shape index (κ2) is 10.1. The third-order valence-corrected chi connectivity index (χ3v) is 5.22. The number of aryl methyl sites for hydroxylation is 1. The largest absolute Gasteiger partial charge is 0.451 e. The molecule has 0 aliphatic rings. The molecule has 3 N–H and O–H groups in total. The van der Waals surface area contributed by atoms with E-state index in [1.807, 2.05) is 20.8 Å². The minimum absolute atomic E-state index is 0.0785. The molecule has 0 fully saturated rings. The van der Waals surface area contributed by atoms with Gasteiger partial charge in [-0.25, -0.2) is 9.59 Å². The number of hydrogen-bond acceptors (Lipinski definition) is 7. The molecular formula is C19H26N4O5S. The van der Waals surface area contributed by atoms with Crippen molar-refractivity contribution >= 4 is 34.7 Å². The second-order valence-electron chi connectivity index (χ2n) is 6.53. The fourth-order valence-corrected chi connectivity index (χ4v) is 3.54. The van der Waals surface area contributed by atoms with Crippen molar-refractivity contribution in [2.24, 2.45) is 0 Å². The number of aromatic nitrogens is 2. The molecule has 0 saturated heterocycles. The molecule has 2 aromatic heterocycles. The van der Waals surface area contributed by atoms with Gasteiger partial charge in [-0.1, -0.05) is 20.3 Å². The van der Waals surface area contributed by atoms with Gasteiger partial charge in [0.05, 0.1) is 0 Å². The first-order valence-electron chi connectivity index (χ1n) is 9.46. The molecule has 10 heteroatoms. The Hall–Kier alpha value is -2.88. The summed E-state index contributed by atoms with van der Waals surface area (Å²) in [6.45, 7) is 5.64. The Morgan fingerprint density at radius 3 is 2.55 bits per heavy atom. The minimum Gasteiger partial charge on any atom is -0.451 e. The van der Waals surface area contributed by atoms with Crippen molar-refractivity contribution in [2.45, 2.75) is 46.6 Å². The van der Waals surface area contributed by atoms with E-state index >= 15 is 0 Å². The van der Waals surface area contributed by atoms with Crippen LogP contribution in [0.2, 0.25) is 0 Å². The summed E-state index contributed by atoms with van der Waals surface area (Å²) in [6, 6.07) is 3.42. The van der Waals surface area contributed by atoms with E-state index in [0.717, 1.165) is 11.3 Å². The SMILES string of the molecule is CCCCN(C(=O)COC(=O)c1ccc(C)s1)c1c(N)n(CCC)c(=O)[nH]c1=O.